The van der Waals surface area contributed by atoms with Crippen LogP contribution in [0, 0.1) is 22.7 Å². The first-order valence-corrected chi connectivity index (χ1v) is 5.59. The minimum Gasteiger partial charge on any atom is -0.495 e. The third-order valence-corrected chi connectivity index (χ3v) is 2.81. The van der Waals surface area contributed by atoms with Crippen LogP contribution in [0.1, 0.15) is 0 Å². The second-order valence-electron chi connectivity index (χ2n) is 2.89. The standard InChI is InChI=1S/C11H7BrClN3O/c1-17-11-2-8(12)10(3-9(11)13)16-6-7(4-14)5-15/h2-3,6,16H,1H3. The first-order valence-electron chi connectivity index (χ1n) is 4.42. The van der Waals surface area contributed by atoms with Gasteiger partial charge in [-0.1, -0.05) is 11.6 Å². The monoisotopic (exact) mass is 311 g/mol. The molecule has 0 radical (unpaired) electrons. The van der Waals surface area contributed by atoms with Crippen LogP contribution < -0.4 is 10.1 Å². The molecule has 0 saturated carbocycles. The molecule has 0 unspecified atom stereocenters. The summed E-state index contributed by atoms with van der Waals surface area (Å²) in [6.07, 6.45) is 1.31. The molecule has 1 aromatic carbocycles. The van der Waals surface area contributed by atoms with Gasteiger partial charge in [-0.15, -0.1) is 0 Å². The number of allylic oxidation sites excluding steroid dienone is 1. The molecule has 0 aliphatic heterocycles. The van der Waals surface area contributed by atoms with Gasteiger partial charge in [0.15, 0.2) is 0 Å². The van der Waals surface area contributed by atoms with E-state index in [2.05, 4.69) is 21.2 Å². The molecule has 1 aromatic rings. The molecule has 6 heteroatoms. The summed E-state index contributed by atoms with van der Waals surface area (Å²) in [6, 6.07) is 6.81. The molecule has 0 atom stereocenters. The Morgan fingerprint density at radius 2 is 2.12 bits per heavy atom. The van der Waals surface area contributed by atoms with Crippen LogP contribution in [0.5, 0.6) is 5.75 Å². The van der Waals surface area contributed by atoms with Crippen molar-refractivity contribution in [3.8, 4) is 17.9 Å². The molecular formula is C11H7BrClN3O. The van der Waals surface area contributed by atoms with Gasteiger partial charge in [-0.3, -0.25) is 0 Å². The zero-order chi connectivity index (χ0) is 12.8. The molecule has 0 bridgehead atoms. The molecule has 0 saturated heterocycles. The van der Waals surface area contributed by atoms with Crippen molar-refractivity contribution in [2.24, 2.45) is 0 Å². The Kier molecular flexibility index (Phi) is 4.84. The van der Waals surface area contributed by atoms with Gasteiger partial charge in [0, 0.05) is 10.7 Å². The lowest BCUT2D eigenvalue weighted by molar-refractivity contribution is 0.415. The van der Waals surface area contributed by atoms with Crippen molar-refractivity contribution < 1.29 is 4.74 Å². The van der Waals surface area contributed by atoms with Gasteiger partial charge in [0.25, 0.3) is 0 Å². The van der Waals surface area contributed by atoms with Crippen LogP contribution in [0.3, 0.4) is 0 Å². The maximum Gasteiger partial charge on any atom is 0.145 e. The predicted molar refractivity (Wildman–Crippen MR) is 68.6 cm³/mol. The van der Waals surface area contributed by atoms with Crippen LogP contribution in [-0.4, -0.2) is 7.11 Å². The number of methoxy groups -OCH3 is 1. The highest BCUT2D eigenvalue weighted by Crippen LogP contribution is 2.34. The molecule has 0 fully saturated rings. The number of ether oxygens (including phenoxy) is 1. The van der Waals surface area contributed by atoms with E-state index in [-0.39, 0.29) is 5.57 Å². The Balaban J connectivity index is 3.02. The van der Waals surface area contributed by atoms with Crippen molar-refractivity contribution in [3.05, 3.63) is 33.4 Å². The Hall–Kier alpha value is -1.69. The molecule has 0 spiro atoms. The SMILES string of the molecule is COc1cc(Br)c(NC=C(C#N)C#N)cc1Cl. The summed E-state index contributed by atoms with van der Waals surface area (Å²) in [5.41, 5.74) is 0.614. The van der Waals surface area contributed by atoms with Crippen LogP contribution in [0.15, 0.2) is 28.4 Å². The Morgan fingerprint density at radius 3 is 2.65 bits per heavy atom. The minimum atomic E-state index is -0.0242. The average molecular weight is 313 g/mol. The fourth-order valence-electron chi connectivity index (χ4n) is 1.04. The first-order chi connectivity index (χ1) is 8.12. The summed E-state index contributed by atoms with van der Waals surface area (Å²) < 4.78 is 5.75. The molecule has 0 amide bonds. The molecule has 1 N–H and O–H groups in total. The maximum atomic E-state index is 8.57. The number of hydrogen-bond donors (Lipinski definition) is 1. The number of halogens is 2. The van der Waals surface area contributed by atoms with Gasteiger partial charge in [0.2, 0.25) is 0 Å². The van der Waals surface area contributed by atoms with E-state index >= 15 is 0 Å². The third kappa shape index (κ3) is 3.39. The van der Waals surface area contributed by atoms with Gasteiger partial charge in [-0.25, -0.2) is 0 Å². The lowest BCUT2D eigenvalue weighted by Gasteiger charge is -2.08. The number of nitrogens with one attached hydrogen (secondary N) is 1. The summed E-state index contributed by atoms with van der Waals surface area (Å²) in [7, 11) is 1.52. The first kappa shape index (κ1) is 13.4. The van der Waals surface area contributed by atoms with Crippen LogP contribution in [-0.2, 0) is 0 Å². The topological polar surface area (TPSA) is 68.8 Å². The van der Waals surface area contributed by atoms with Crippen molar-refractivity contribution in [2.75, 3.05) is 12.4 Å². The lowest BCUT2D eigenvalue weighted by Crippen LogP contribution is -1.93. The lowest BCUT2D eigenvalue weighted by atomic mass is 10.3. The average Bonchev–Trinajstić information content (AvgIpc) is 2.34. The van der Waals surface area contributed by atoms with E-state index in [9.17, 15) is 0 Å². The number of nitriles is 2. The summed E-state index contributed by atoms with van der Waals surface area (Å²) >= 11 is 9.27. The van der Waals surface area contributed by atoms with Crippen molar-refractivity contribution in [2.45, 2.75) is 0 Å². The van der Waals surface area contributed by atoms with Gasteiger partial charge in [-0.2, -0.15) is 10.5 Å². The quantitative estimate of drug-likeness (QED) is 0.868. The third-order valence-electron chi connectivity index (χ3n) is 1.85. The van der Waals surface area contributed by atoms with Crippen molar-refractivity contribution in [3.63, 3.8) is 0 Å². The molecule has 17 heavy (non-hydrogen) atoms. The second kappa shape index (κ2) is 6.15. The normalized spacial score (nSPS) is 8.76. The van der Waals surface area contributed by atoms with Crippen LogP contribution in [0.25, 0.3) is 0 Å². The van der Waals surface area contributed by atoms with Gasteiger partial charge >= 0.3 is 0 Å². The number of hydrogen-bond acceptors (Lipinski definition) is 4. The van der Waals surface area contributed by atoms with Crippen LogP contribution in [0.2, 0.25) is 5.02 Å². The number of anilines is 1. The molecule has 0 aromatic heterocycles. The van der Waals surface area contributed by atoms with E-state index in [1.54, 1.807) is 24.3 Å². The highest BCUT2D eigenvalue weighted by atomic mass is 79.9. The van der Waals surface area contributed by atoms with Gasteiger partial charge < -0.3 is 10.1 Å². The zero-order valence-electron chi connectivity index (χ0n) is 8.79. The van der Waals surface area contributed by atoms with E-state index in [0.717, 1.165) is 0 Å². The predicted octanol–water partition coefficient (Wildman–Crippen LogP) is 3.45. The Labute approximate surface area is 112 Å². The summed E-state index contributed by atoms with van der Waals surface area (Å²) in [5, 5.41) is 20.4. The molecule has 0 aliphatic carbocycles. The second-order valence-corrected chi connectivity index (χ2v) is 4.15. The number of nitrogens with zero attached hydrogens (tertiary/aromatic N) is 2. The molecule has 0 aliphatic rings. The van der Waals surface area contributed by atoms with Crippen LogP contribution in [0.4, 0.5) is 5.69 Å². The fraction of sp³-hybridized carbons (Fsp3) is 0.0909. The van der Waals surface area contributed by atoms with E-state index in [1.807, 2.05) is 0 Å². The molecule has 86 valence electrons. The number of benzene rings is 1. The van der Waals surface area contributed by atoms with Crippen molar-refractivity contribution in [1.29, 1.82) is 10.5 Å². The Bertz CT molecular complexity index is 527. The molecule has 1 rings (SSSR count). The fourth-order valence-corrected chi connectivity index (χ4v) is 1.71. The number of rotatable bonds is 3. The minimum absolute atomic E-state index is 0.0242. The summed E-state index contributed by atoms with van der Waals surface area (Å²) in [6.45, 7) is 0. The maximum absolute atomic E-state index is 8.57. The van der Waals surface area contributed by atoms with Crippen LogP contribution >= 0.6 is 27.5 Å². The van der Waals surface area contributed by atoms with E-state index in [1.165, 1.54) is 13.3 Å². The van der Waals surface area contributed by atoms with E-state index in [4.69, 9.17) is 26.9 Å². The molecule has 4 nitrogen and oxygen atoms in total. The molecular weight excluding hydrogens is 305 g/mol. The van der Waals surface area contributed by atoms with Crippen molar-refractivity contribution in [1.82, 2.24) is 0 Å². The van der Waals surface area contributed by atoms with E-state index in [0.29, 0.717) is 20.9 Å². The largest absolute Gasteiger partial charge is 0.495 e. The summed E-state index contributed by atoms with van der Waals surface area (Å²) in [5.74, 6) is 0.536. The smallest absolute Gasteiger partial charge is 0.145 e. The Morgan fingerprint density at radius 1 is 1.47 bits per heavy atom. The molecule has 0 heterocycles. The van der Waals surface area contributed by atoms with Crippen molar-refractivity contribution >= 4 is 33.2 Å². The highest BCUT2D eigenvalue weighted by Gasteiger charge is 2.06. The summed E-state index contributed by atoms with van der Waals surface area (Å²) in [4.78, 5) is 0. The van der Waals surface area contributed by atoms with Gasteiger partial charge in [-0.05, 0) is 28.1 Å². The van der Waals surface area contributed by atoms with E-state index < -0.39 is 0 Å². The zero-order valence-corrected chi connectivity index (χ0v) is 11.1. The van der Waals surface area contributed by atoms with Gasteiger partial charge in [0.1, 0.15) is 23.5 Å². The van der Waals surface area contributed by atoms with Gasteiger partial charge in [0.05, 0.1) is 17.8 Å². The highest BCUT2D eigenvalue weighted by molar-refractivity contribution is 9.10.